The topological polar surface area (TPSA) is 76.7 Å². The number of hydrogen-bond acceptors (Lipinski definition) is 4. The number of hydrogen-bond donors (Lipinski definition) is 2. The van der Waals surface area contributed by atoms with Crippen LogP contribution in [0.15, 0.2) is 59.8 Å². The number of aryl methyl sites for hydroxylation is 1. The van der Waals surface area contributed by atoms with Crippen LogP contribution < -0.4 is 15.4 Å². The first kappa shape index (κ1) is 19.5. The fourth-order valence-electron chi connectivity index (χ4n) is 3.03. The van der Waals surface area contributed by atoms with E-state index in [9.17, 15) is 9.59 Å². The third-order valence-electron chi connectivity index (χ3n) is 4.50. The quantitative estimate of drug-likeness (QED) is 0.748. The molecule has 6 nitrogen and oxygen atoms in total. The Bertz CT molecular complexity index is 886. The van der Waals surface area contributed by atoms with Crippen LogP contribution in [0.2, 0.25) is 0 Å². The zero-order valence-electron chi connectivity index (χ0n) is 16.2. The number of ether oxygens (including phenoxy) is 2. The van der Waals surface area contributed by atoms with Gasteiger partial charge in [0.2, 0.25) is 0 Å². The number of allylic oxidation sites excluding steroid dienone is 1. The lowest BCUT2D eigenvalue weighted by Gasteiger charge is -2.28. The van der Waals surface area contributed by atoms with Crippen molar-refractivity contribution in [3.8, 4) is 5.75 Å². The van der Waals surface area contributed by atoms with Gasteiger partial charge in [-0.25, -0.2) is 9.59 Å². The molecule has 1 heterocycles. The van der Waals surface area contributed by atoms with Crippen LogP contribution in [0.5, 0.6) is 5.75 Å². The Morgan fingerprint density at radius 1 is 1.04 bits per heavy atom. The highest BCUT2D eigenvalue weighted by Crippen LogP contribution is 2.29. The standard InChI is InChI=1S/C22H24N2O4/c1-4-27-21(25)19-15(3)23-22(26)24-20(19)17-9-11-18(12-10-17)28-13-16-7-5-14(2)6-8-16/h5-12,20H,4,13H2,1-3H3,(H2,23,24,26). The molecule has 6 heteroatoms. The zero-order valence-corrected chi connectivity index (χ0v) is 16.2. The second-order valence-electron chi connectivity index (χ2n) is 6.63. The molecule has 2 aromatic carbocycles. The monoisotopic (exact) mass is 380 g/mol. The number of amides is 2. The second kappa shape index (κ2) is 8.61. The van der Waals surface area contributed by atoms with Crippen LogP contribution in [0.3, 0.4) is 0 Å². The summed E-state index contributed by atoms with van der Waals surface area (Å²) in [6.07, 6.45) is 0. The third-order valence-corrected chi connectivity index (χ3v) is 4.50. The van der Waals surface area contributed by atoms with Crippen molar-refractivity contribution < 1.29 is 19.1 Å². The molecule has 0 aliphatic carbocycles. The van der Waals surface area contributed by atoms with Crippen LogP contribution in [0, 0.1) is 6.92 Å². The maximum Gasteiger partial charge on any atom is 0.338 e. The van der Waals surface area contributed by atoms with E-state index in [1.54, 1.807) is 13.8 Å². The molecule has 2 aromatic rings. The van der Waals surface area contributed by atoms with E-state index in [4.69, 9.17) is 9.47 Å². The zero-order chi connectivity index (χ0) is 20.1. The molecule has 0 aromatic heterocycles. The van der Waals surface area contributed by atoms with Crippen molar-refractivity contribution in [1.29, 1.82) is 0 Å². The molecule has 0 saturated carbocycles. The summed E-state index contributed by atoms with van der Waals surface area (Å²) < 4.78 is 11.0. The Morgan fingerprint density at radius 3 is 2.36 bits per heavy atom. The molecular weight excluding hydrogens is 356 g/mol. The fourth-order valence-corrected chi connectivity index (χ4v) is 3.03. The molecule has 0 fully saturated rings. The van der Waals surface area contributed by atoms with Crippen molar-refractivity contribution in [1.82, 2.24) is 10.6 Å². The van der Waals surface area contributed by atoms with E-state index in [0.29, 0.717) is 23.6 Å². The number of benzene rings is 2. The van der Waals surface area contributed by atoms with Gasteiger partial charge in [0.25, 0.3) is 0 Å². The van der Waals surface area contributed by atoms with Crippen molar-refractivity contribution in [2.24, 2.45) is 0 Å². The first-order valence-electron chi connectivity index (χ1n) is 9.21. The Morgan fingerprint density at radius 2 is 1.71 bits per heavy atom. The number of carbonyl (C=O) groups excluding carboxylic acids is 2. The average Bonchev–Trinajstić information content (AvgIpc) is 2.67. The fraction of sp³-hybridized carbons (Fsp3) is 0.273. The van der Waals surface area contributed by atoms with Gasteiger partial charge in [0.1, 0.15) is 12.4 Å². The minimum Gasteiger partial charge on any atom is -0.489 e. The van der Waals surface area contributed by atoms with Gasteiger partial charge in [-0.1, -0.05) is 42.0 Å². The molecule has 1 aliphatic rings. The van der Waals surface area contributed by atoms with Crippen LogP contribution >= 0.6 is 0 Å². The number of carbonyl (C=O) groups is 2. The Kier molecular flexibility index (Phi) is 5.99. The average molecular weight is 380 g/mol. The van der Waals surface area contributed by atoms with E-state index in [-0.39, 0.29) is 12.6 Å². The normalized spacial score (nSPS) is 16.2. The molecule has 0 radical (unpaired) electrons. The van der Waals surface area contributed by atoms with Gasteiger partial charge in [0.15, 0.2) is 0 Å². The van der Waals surface area contributed by atoms with Crippen LogP contribution in [0.4, 0.5) is 4.79 Å². The maximum atomic E-state index is 12.4. The SMILES string of the molecule is CCOC(=O)C1=C(C)NC(=O)NC1c1ccc(OCc2ccc(C)cc2)cc1. The first-order valence-corrected chi connectivity index (χ1v) is 9.21. The van der Waals surface area contributed by atoms with E-state index in [1.807, 2.05) is 55.5 Å². The van der Waals surface area contributed by atoms with Gasteiger partial charge in [0, 0.05) is 5.70 Å². The highest BCUT2D eigenvalue weighted by atomic mass is 16.5. The molecule has 2 amide bonds. The Labute approximate surface area is 164 Å². The highest BCUT2D eigenvalue weighted by molar-refractivity contribution is 5.95. The summed E-state index contributed by atoms with van der Waals surface area (Å²) in [6.45, 7) is 6.22. The molecule has 0 spiro atoms. The van der Waals surface area contributed by atoms with Crippen molar-refractivity contribution in [3.05, 3.63) is 76.5 Å². The molecule has 1 aliphatic heterocycles. The van der Waals surface area contributed by atoms with Gasteiger partial charge in [-0.3, -0.25) is 0 Å². The Hall–Kier alpha value is -3.28. The largest absolute Gasteiger partial charge is 0.489 e. The summed E-state index contributed by atoms with van der Waals surface area (Å²) in [6, 6.07) is 14.6. The summed E-state index contributed by atoms with van der Waals surface area (Å²) in [5.74, 6) is 0.264. The van der Waals surface area contributed by atoms with Crippen molar-refractivity contribution in [3.63, 3.8) is 0 Å². The van der Waals surface area contributed by atoms with E-state index in [2.05, 4.69) is 10.6 Å². The van der Waals surface area contributed by atoms with Gasteiger partial charge in [-0.15, -0.1) is 0 Å². The first-order chi connectivity index (χ1) is 13.5. The lowest BCUT2D eigenvalue weighted by molar-refractivity contribution is -0.139. The molecular formula is C22H24N2O4. The van der Waals surface area contributed by atoms with Crippen LogP contribution in [-0.4, -0.2) is 18.6 Å². The predicted octanol–water partition coefficient (Wildman–Crippen LogP) is 3.77. The van der Waals surface area contributed by atoms with Crippen LogP contribution in [0.1, 0.15) is 36.6 Å². The third kappa shape index (κ3) is 4.52. The van der Waals surface area contributed by atoms with Gasteiger partial charge in [-0.2, -0.15) is 0 Å². The smallest absolute Gasteiger partial charge is 0.338 e. The second-order valence-corrected chi connectivity index (χ2v) is 6.63. The van der Waals surface area contributed by atoms with Crippen molar-refractivity contribution >= 4 is 12.0 Å². The molecule has 1 unspecified atom stereocenters. The van der Waals surface area contributed by atoms with Gasteiger partial charge >= 0.3 is 12.0 Å². The number of urea groups is 1. The summed E-state index contributed by atoms with van der Waals surface area (Å²) in [5, 5.41) is 5.41. The van der Waals surface area contributed by atoms with Crippen LogP contribution in [0.25, 0.3) is 0 Å². The molecule has 146 valence electrons. The highest BCUT2D eigenvalue weighted by Gasteiger charge is 2.32. The summed E-state index contributed by atoms with van der Waals surface area (Å²) in [7, 11) is 0. The maximum absolute atomic E-state index is 12.4. The predicted molar refractivity (Wildman–Crippen MR) is 106 cm³/mol. The van der Waals surface area contributed by atoms with Gasteiger partial charge in [0.05, 0.1) is 18.2 Å². The molecule has 0 bridgehead atoms. The summed E-state index contributed by atoms with van der Waals surface area (Å²) >= 11 is 0. The number of esters is 1. The van der Waals surface area contributed by atoms with E-state index in [1.165, 1.54) is 5.56 Å². The summed E-state index contributed by atoms with van der Waals surface area (Å²) in [5.41, 5.74) is 3.96. The lowest BCUT2D eigenvalue weighted by atomic mass is 9.95. The lowest BCUT2D eigenvalue weighted by Crippen LogP contribution is -2.45. The van der Waals surface area contributed by atoms with E-state index < -0.39 is 12.0 Å². The van der Waals surface area contributed by atoms with Gasteiger partial charge < -0.3 is 20.1 Å². The Balaban J connectivity index is 1.75. The van der Waals surface area contributed by atoms with Crippen molar-refractivity contribution in [2.75, 3.05) is 6.61 Å². The number of rotatable bonds is 6. The van der Waals surface area contributed by atoms with Crippen LogP contribution in [-0.2, 0) is 16.1 Å². The number of nitrogens with one attached hydrogen (secondary N) is 2. The minimum absolute atomic E-state index is 0.266. The van der Waals surface area contributed by atoms with Crippen molar-refractivity contribution in [2.45, 2.75) is 33.4 Å². The molecule has 3 rings (SSSR count). The minimum atomic E-state index is -0.570. The van der Waals surface area contributed by atoms with E-state index >= 15 is 0 Å². The van der Waals surface area contributed by atoms with E-state index in [0.717, 1.165) is 11.1 Å². The molecule has 0 saturated heterocycles. The molecule has 2 N–H and O–H groups in total. The van der Waals surface area contributed by atoms with Gasteiger partial charge in [-0.05, 0) is 44.0 Å². The molecule has 1 atom stereocenters. The summed E-state index contributed by atoms with van der Waals surface area (Å²) in [4.78, 5) is 24.3. The molecule has 28 heavy (non-hydrogen) atoms.